The molecule has 0 aliphatic rings. The van der Waals surface area contributed by atoms with Crippen LogP contribution >= 0.6 is 7.82 Å². The van der Waals surface area contributed by atoms with E-state index in [1.54, 1.807) is 6.08 Å². The molecule has 12 heteroatoms. The number of allylic oxidation sites excluding steroid dienone is 6. The Bertz CT molecular complexity index is 1100. The smallest absolute Gasteiger partial charge is 0.462 e. The molecular weight excluding hydrogens is 735 g/mol. The molecule has 0 fully saturated rings. The first kappa shape index (κ1) is 53.9. The van der Waals surface area contributed by atoms with Crippen molar-refractivity contribution in [1.82, 2.24) is 0 Å². The number of carbonyl (C=O) groups is 2. The lowest BCUT2D eigenvalue weighted by Gasteiger charge is -2.20. The van der Waals surface area contributed by atoms with Crippen LogP contribution in [0.2, 0.25) is 0 Å². The molecule has 0 bridgehead atoms. The van der Waals surface area contributed by atoms with Crippen molar-refractivity contribution >= 4 is 19.8 Å². The first-order valence-corrected chi connectivity index (χ1v) is 23.1. The minimum absolute atomic E-state index is 0.133. The number of ether oxygens (including phenoxy) is 2. The molecule has 4 N–H and O–H groups in total. The summed E-state index contributed by atoms with van der Waals surface area (Å²) < 4.78 is 32.6. The Balaban J connectivity index is 4.45. The van der Waals surface area contributed by atoms with E-state index in [0.717, 1.165) is 31.6 Å². The molecule has 326 valence electrons. The quantitative estimate of drug-likeness (QED) is 0.0153. The zero-order chi connectivity index (χ0) is 41.5. The van der Waals surface area contributed by atoms with E-state index in [2.05, 4.69) is 31.4 Å². The zero-order valence-corrected chi connectivity index (χ0v) is 36.0. The first-order chi connectivity index (χ1) is 27.0. The SMILES string of the molecule is CCCCC/C=C\C[C@@H](O)/C=C/C=C\C/C=C\CCCC(=O)OC[C@H](COP(=O)(O)OC[C@@H](O)CO)OC(=O)CCCCCCCCCCCCCCC(C)C. The molecule has 0 heterocycles. The first-order valence-electron chi connectivity index (χ1n) is 21.6. The summed E-state index contributed by atoms with van der Waals surface area (Å²) in [6.45, 7) is 4.51. The summed E-state index contributed by atoms with van der Waals surface area (Å²) >= 11 is 0. The normalized spacial score (nSPS) is 15.0. The Morgan fingerprint density at radius 3 is 1.89 bits per heavy atom. The van der Waals surface area contributed by atoms with Gasteiger partial charge < -0.3 is 29.7 Å². The highest BCUT2D eigenvalue weighted by molar-refractivity contribution is 7.47. The number of aliphatic hydroxyl groups excluding tert-OH is 3. The van der Waals surface area contributed by atoms with Gasteiger partial charge in [0.15, 0.2) is 6.10 Å². The van der Waals surface area contributed by atoms with Gasteiger partial charge in [-0.3, -0.25) is 18.6 Å². The number of unbranched alkanes of at least 4 members (excludes halogenated alkanes) is 15. The van der Waals surface area contributed by atoms with Crippen molar-refractivity contribution in [2.24, 2.45) is 5.92 Å². The molecule has 0 radical (unpaired) electrons. The van der Waals surface area contributed by atoms with Gasteiger partial charge in [0, 0.05) is 12.8 Å². The summed E-state index contributed by atoms with van der Waals surface area (Å²) in [7, 11) is -4.64. The van der Waals surface area contributed by atoms with E-state index in [4.69, 9.17) is 19.1 Å². The third-order valence-corrected chi connectivity index (χ3v) is 9.95. The van der Waals surface area contributed by atoms with Gasteiger partial charge >= 0.3 is 19.8 Å². The van der Waals surface area contributed by atoms with E-state index in [0.29, 0.717) is 32.1 Å². The summed E-state index contributed by atoms with van der Waals surface area (Å²) in [4.78, 5) is 35.0. The van der Waals surface area contributed by atoms with Gasteiger partial charge in [0.05, 0.1) is 25.9 Å². The average molecular weight is 815 g/mol. The van der Waals surface area contributed by atoms with Crippen LogP contribution in [0.5, 0.6) is 0 Å². The van der Waals surface area contributed by atoms with Crippen LogP contribution in [0.15, 0.2) is 48.6 Å². The van der Waals surface area contributed by atoms with Gasteiger partial charge in [0.25, 0.3) is 0 Å². The summed E-state index contributed by atoms with van der Waals surface area (Å²) in [5, 5.41) is 28.3. The van der Waals surface area contributed by atoms with Gasteiger partial charge in [-0.1, -0.05) is 159 Å². The van der Waals surface area contributed by atoms with Crippen molar-refractivity contribution in [2.75, 3.05) is 26.4 Å². The van der Waals surface area contributed by atoms with E-state index < -0.39 is 57.9 Å². The molecule has 0 spiro atoms. The molecule has 0 aliphatic heterocycles. The Kier molecular flexibility index (Phi) is 37.0. The summed E-state index contributed by atoms with van der Waals surface area (Å²) in [5.74, 6) is -0.231. The predicted molar refractivity (Wildman–Crippen MR) is 225 cm³/mol. The fourth-order valence-corrected chi connectivity index (χ4v) is 6.40. The molecule has 0 saturated heterocycles. The Hall–Kier alpha value is -2.11. The second kappa shape index (κ2) is 38.4. The third kappa shape index (κ3) is 38.7. The van der Waals surface area contributed by atoms with Crippen molar-refractivity contribution in [3.63, 3.8) is 0 Å². The number of rotatable bonds is 39. The summed E-state index contributed by atoms with van der Waals surface area (Å²) in [5.41, 5.74) is 0. The molecule has 0 aromatic carbocycles. The van der Waals surface area contributed by atoms with Crippen molar-refractivity contribution < 1.29 is 52.9 Å². The van der Waals surface area contributed by atoms with Gasteiger partial charge in [0.1, 0.15) is 12.7 Å². The fraction of sp³-hybridized carbons (Fsp3) is 0.773. The molecule has 11 nitrogen and oxygen atoms in total. The van der Waals surface area contributed by atoms with Crippen molar-refractivity contribution in [1.29, 1.82) is 0 Å². The van der Waals surface area contributed by atoms with Crippen molar-refractivity contribution in [3.05, 3.63) is 48.6 Å². The summed E-state index contributed by atoms with van der Waals surface area (Å²) in [6.07, 6.45) is 35.4. The molecule has 56 heavy (non-hydrogen) atoms. The Morgan fingerprint density at radius 1 is 0.661 bits per heavy atom. The average Bonchev–Trinajstić information content (AvgIpc) is 3.16. The lowest BCUT2D eigenvalue weighted by molar-refractivity contribution is -0.161. The fourth-order valence-electron chi connectivity index (χ4n) is 5.61. The van der Waals surface area contributed by atoms with Gasteiger partial charge in [-0.05, 0) is 50.9 Å². The number of aliphatic hydroxyl groups is 3. The molecular formula is C44H79O11P. The van der Waals surface area contributed by atoms with Crippen LogP contribution in [-0.4, -0.2) is 76.9 Å². The van der Waals surface area contributed by atoms with Crippen LogP contribution in [0.25, 0.3) is 0 Å². The van der Waals surface area contributed by atoms with Crippen LogP contribution < -0.4 is 0 Å². The van der Waals surface area contributed by atoms with E-state index in [1.807, 2.05) is 36.5 Å². The molecule has 0 amide bonds. The number of carbonyl (C=O) groups excluding carboxylic acids is 2. The van der Waals surface area contributed by atoms with Crippen LogP contribution in [-0.2, 0) is 32.7 Å². The zero-order valence-electron chi connectivity index (χ0n) is 35.1. The highest BCUT2D eigenvalue weighted by Gasteiger charge is 2.27. The standard InChI is InChI=1S/C44H79O11P/c1-4-5-6-7-21-26-31-40(46)32-27-22-17-14-15-18-23-28-33-43(48)52-37-42(38-54-56(50,51)53-36-41(47)35-45)55-44(49)34-29-24-19-13-11-9-8-10-12-16-20-25-30-39(2)3/h15,17-18,21-22,26-27,32,39-42,45-47H,4-14,16,19-20,23-25,28-31,33-38H2,1-3H3,(H,50,51)/b18-15-,22-17-,26-21-,32-27+/t40-,41+,42-/m1/s1. The maximum absolute atomic E-state index is 12.6. The molecule has 0 aliphatic carbocycles. The number of phosphoric ester groups is 1. The Labute approximate surface area is 339 Å². The van der Waals surface area contributed by atoms with E-state index in [1.165, 1.54) is 77.0 Å². The highest BCUT2D eigenvalue weighted by atomic mass is 31.2. The Morgan fingerprint density at radius 2 is 1.25 bits per heavy atom. The maximum atomic E-state index is 12.6. The third-order valence-electron chi connectivity index (χ3n) is 8.99. The lowest BCUT2D eigenvalue weighted by atomic mass is 10.0. The van der Waals surface area contributed by atoms with Crippen LogP contribution in [0, 0.1) is 5.92 Å². The number of esters is 2. The van der Waals surface area contributed by atoms with Crippen LogP contribution in [0.3, 0.4) is 0 Å². The predicted octanol–water partition coefficient (Wildman–Crippen LogP) is 10.2. The lowest BCUT2D eigenvalue weighted by Crippen LogP contribution is -2.29. The molecule has 0 aromatic heterocycles. The van der Waals surface area contributed by atoms with Gasteiger partial charge in [-0.2, -0.15) is 0 Å². The second-order valence-electron chi connectivity index (χ2n) is 15.0. The molecule has 1 unspecified atom stereocenters. The van der Waals surface area contributed by atoms with Crippen LogP contribution in [0.1, 0.15) is 168 Å². The minimum atomic E-state index is -4.64. The highest BCUT2D eigenvalue weighted by Crippen LogP contribution is 2.43. The number of hydrogen-bond donors (Lipinski definition) is 4. The molecule has 0 saturated carbocycles. The largest absolute Gasteiger partial charge is 0.472 e. The topological polar surface area (TPSA) is 169 Å². The van der Waals surface area contributed by atoms with Crippen molar-refractivity contribution in [3.8, 4) is 0 Å². The van der Waals surface area contributed by atoms with Crippen molar-refractivity contribution in [2.45, 2.75) is 187 Å². The molecule has 0 aromatic rings. The van der Waals surface area contributed by atoms with E-state index in [-0.39, 0.29) is 19.4 Å². The summed E-state index contributed by atoms with van der Waals surface area (Å²) in [6, 6.07) is 0. The number of phosphoric acid groups is 1. The monoisotopic (exact) mass is 815 g/mol. The molecule has 4 atom stereocenters. The van der Waals surface area contributed by atoms with Gasteiger partial charge in [-0.15, -0.1) is 0 Å². The van der Waals surface area contributed by atoms with Gasteiger partial charge in [-0.25, -0.2) is 4.57 Å². The molecule has 0 rings (SSSR count). The van der Waals surface area contributed by atoms with Crippen LogP contribution in [0.4, 0.5) is 0 Å². The number of hydrogen-bond acceptors (Lipinski definition) is 10. The maximum Gasteiger partial charge on any atom is 0.472 e. The second-order valence-corrected chi connectivity index (χ2v) is 16.5. The van der Waals surface area contributed by atoms with E-state index in [9.17, 15) is 29.3 Å². The van der Waals surface area contributed by atoms with E-state index >= 15 is 0 Å². The minimum Gasteiger partial charge on any atom is -0.462 e. The van der Waals surface area contributed by atoms with Gasteiger partial charge in [0.2, 0.25) is 0 Å².